The van der Waals surface area contributed by atoms with Crippen LogP contribution >= 0.6 is 0 Å². The van der Waals surface area contributed by atoms with Crippen molar-refractivity contribution in [3.63, 3.8) is 0 Å². The Kier molecular flexibility index (Phi) is 3.79. The van der Waals surface area contributed by atoms with Crippen LogP contribution in [0.4, 0.5) is 0 Å². The van der Waals surface area contributed by atoms with E-state index in [0.717, 1.165) is 12.5 Å². The maximum Gasteiger partial charge on any atom is 0.0349 e. The third kappa shape index (κ3) is 2.50. The Hall–Kier alpha value is -1.41. The zero-order chi connectivity index (χ0) is 13.1. The van der Waals surface area contributed by atoms with Gasteiger partial charge in [0, 0.05) is 17.8 Å². The molecule has 3 rings (SSSR count). The molecule has 2 unspecified atom stereocenters. The van der Waals surface area contributed by atoms with Crippen LogP contribution in [0.3, 0.4) is 0 Å². The summed E-state index contributed by atoms with van der Waals surface area (Å²) in [6, 6.07) is 8.82. The van der Waals surface area contributed by atoms with E-state index in [1.54, 1.807) is 0 Å². The van der Waals surface area contributed by atoms with Gasteiger partial charge < -0.3 is 5.32 Å². The van der Waals surface area contributed by atoms with Crippen LogP contribution in [-0.2, 0) is 0 Å². The first-order valence-corrected chi connectivity index (χ1v) is 7.37. The number of nitrogens with one attached hydrogen (secondary N) is 1. The summed E-state index contributed by atoms with van der Waals surface area (Å²) in [5.41, 5.74) is 1.51. The Morgan fingerprint density at radius 3 is 3.00 bits per heavy atom. The topological polar surface area (TPSA) is 24.9 Å². The summed E-state index contributed by atoms with van der Waals surface area (Å²) in [4.78, 5) is 4.32. The Morgan fingerprint density at radius 1 is 1.21 bits per heavy atom. The molecule has 0 spiro atoms. The fourth-order valence-corrected chi connectivity index (χ4v) is 3.58. The van der Waals surface area contributed by atoms with E-state index >= 15 is 0 Å². The van der Waals surface area contributed by atoms with Crippen LogP contribution in [0.1, 0.15) is 37.2 Å². The van der Waals surface area contributed by atoms with Gasteiger partial charge in [0.1, 0.15) is 0 Å². The first-order valence-electron chi connectivity index (χ1n) is 7.37. The molecule has 1 aromatic heterocycles. The van der Waals surface area contributed by atoms with Gasteiger partial charge in [-0.25, -0.2) is 0 Å². The number of benzene rings is 1. The monoisotopic (exact) mass is 254 g/mol. The fourth-order valence-electron chi connectivity index (χ4n) is 3.58. The normalized spacial score (nSPS) is 23.6. The Morgan fingerprint density at radius 2 is 2.11 bits per heavy atom. The molecule has 1 aliphatic carbocycles. The standard InChI is InChI=1S/C17H22N2/c1-18-11-14-5-2-3-7-15(14)16-8-4-6-13-9-10-19-12-17(13)16/h4,6,8-10,12,14-15,18H,2-3,5,7,11H2,1H3. The molecule has 1 fully saturated rings. The van der Waals surface area contributed by atoms with Gasteiger partial charge in [-0.2, -0.15) is 0 Å². The third-order valence-corrected chi connectivity index (χ3v) is 4.49. The molecule has 2 aromatic rings. The summed E-state index contributed by atoms with van der Waals surface area (Å²) in [5.74, 6) is 1.46. The van der Waals surface area contributed by atoms with E-state index in [1.165, 1.54) is 42.0 Å². The van der Waals surface area contributed by atoms with Gasteiger partial charge in [-0.15, -0.1) is 0 Å². The van der Waals surface area contributed by atoms with Crippen molar-refractivity contribution in [2.75, 3.05) is 13.6 Å². The van der Waals surface area contributed by atoms with E-state index < -0.39 is 0 Å². The van der Waals surface area contributed by atoms with Crippen molar-refractivity contribution in [3.05, 3.63) is 42.2 Å². The smallest absolute Gasteiger partial charge is 0.0349 e. The van der Waals surface area contributed by atoms with Gasteiger partial charge >= 0.3 is 0 Å². The summed E-state index contributed by atoms with van der Waals surface area (Å²) in [5, 5.41) is 6.04. The second-order valence-corrected chi connectivity index (χ2v) is 5.65. The second kappa shape index (κ2) is 5.70. The summed E-state index contributed by atoms with van der Waals surface area (Å²) >= 11 is 0. The molecule has 1 aromatic carbocycles. The molecule has 1 saturated carbocycles. The van der Waals surface area contributed by atoms with Crippen LogP contribution in [0.5, 0.6) is 0 Å². The maximum absolute atomic E-state index is 4.32. The van der Waals surface area contributed by atoms with Crippen molar-refractivity contribution in [2.24, 2.45) is 5.92 Å². The number of aromatic nitrogens is 1. The van der Waals surface area contributed by atoms with Gasteiger partial charge in [0.2, 0.25) is 0 Å². The molecule has 0 bridgehead atoms. The molecular formula is C17H22N2. The van der Waals surface area contributed by atoms with Crippen LogP contribution in [0.15, 0.2) is 36.7 Å². The van der Waals surface area contributed by atoms with Crippen molar-refractivity contribution in [3.8, 4) is 0 Å². The molecule has 2 atom stereocenters. The van der Waals surface area contributed by atoms with Crippen molar-refractivity contribution >= 4 is 10.8 Å². The van der Waals surface area contributed by atoms with Crippen LogP contribution in [0.25, 0.3) is 10.8 Å². The van der Waals surface area contributed by atoms with Crippen LogP contribution in [0, 0.1) is 5.92 Å². The second-order valence-electron chi connectivity index (χ2n) is 5.65. The number of nitrogens with zero attached hydrogens (tertiary/aromatic N) is 1. The van der Waals surface area contributed by atoms with Crippen LogP contribution < -0.4 is 5.32 Å². The van der Waals surface area contributed by atoms with E-state index in [4.69, 9.17) is 0 Å². The maximum atomic E-state index is 4.32. The predicted octanol–water partition coefficient (Wildman–Crippen LogP) is 3.73. The van der Waals surface area contributed by atoms with Gasteiger partial charge in [0.25, 0.3) is 0 Å². The number of hydrogen-bond acceptors (Lipinski definition) is 2. The minimum atomic E-state index is 0.689. The highest BCUT2D eigenvalue weighted by Crippen LogP contribution is 2.39. The lowest BCUT2D eigenvalue weighted by Crippen LogP contribution is -2.27. The predicted molar refractivity (Wildman–Crippen MR) is 80.4 cm³/mol. The molecule has 0 aliphatic heterocycles. The third-order valence-electron chi connectivity index (χ3n) is 4.49. The van der Waals surface area contributed by atoms with Gasteiger partial charge in [0.05, 0.1) is 0 Å². The average Bonchev–Trinajstić information content (AvgIpc) is 2.48. The van der Waals surface area contributed by atoms with E-state index in [0.29, 0.717) is 5.92 Å². The SMILES string of the molecule is CNCC1CCCCC1c1cccc2ccncc12. The Labute approximate surface area is 115 Å². The first-order chi connectivity index (χ1) is 9.40. The zero-order valence-electron chi connectivity index (χ0n) is 11.6. The zero-order valence-corrected chi connectivity index (χ0v) is 11.6. The lowest BCUT2D eigenvalue weighted by molar-refractivity contribution is 0.302. The van der Waals surface area contributed by atoms with Gasteiger partial charge in [-0.3, -0.25) is 4.98 Å². The van der Waals surface area contributed by atoms with Gasteiger partial charge in [-0.1, -0.05) is 31.0 Å². The lowest BCUT2D eigenvalue weighted by Gasteiger charge is -2.32. The molecule has 1 aliphatic rings. The average molecular weight is 254 g/mol. The first kappa shape index (κ1) is 12.6. The molecule has 19 heavy (non-hydrogen) atoms. The summed E-state index contributed by atoms with van der Waals surface area (Å²) < 4.78 is 0. The number of pyridine rings is 1. The van der Waals surface area contributed by atoms with Crippen LogP contribution in [0.2, 0.25) is 0 Å². The molecule has 0 saturated heterocycles. The van der Waals surface area contributed by atoms with Crippen molar-refractivity contribution in [1.82, 2.24) is 10.3 Å². The number of fused-ring (bicyclic) bond motifs is 1. The number of rotatable bonds is 3. The molecule has 0 radical (unpaired) electrons. The molecule has 0 amide bonds. The minimum Gasteiger partial charge on any atom is -0.319 e. The quantitative estimate of drug-likeness (QED) is 0.902. The van der Waals surface area contributed by atoms with E-state index in [9.17, 15) is 0 Å². The van der Waals surface area contributed by atoms with E-state index in [1.807, 2.05) is 12.4 Å². The Balaban J connectivity index is 2.02. The highest BCUT2D eigenvalue weighted by molar-refractivity contribution is 5.85. The van der Waals surface area contributed by atoms with Crippen molar-refractivity contribution in [1.29, 1.82) is 0 Å². The van der Waals surface area contributed by atoms with Crippen molar-refractivity contribution in [2.45, 2.75) is 31.6 Å². The largest absolute Gasteiger partial charge is 0.319 e. The summed E-state index contributed by atoms with van der Waals surface area (Å²) in [6.07, 6.45) is 9.34. The van der Waals surface area contributed by atoms with E-state index in [-0.39, 0.29) is 0 Å². The van der Waals surface area contributed by atoms with E-state index in [2.05, 4.69) is 41.6 Å². The molecular weight excluding hydrogens is 232 g/mol. The van der Waals surface area contributed by atoms with Gasteiger partial charge in [-0.05, 0) is 55.3 Å². The fraction of sp³-hybridized carbons (Fsp3) is 0.471. The van der Waals surface area contributed by atoms with Gasteiger partial charge in [0.15, 0.2) is 0 Å². The summed E-state index contributed by atoms with van der Waals surface area (Å²) in [7, 11) is 2.07. The molecule has 2 nitrogen and oxygen atoms in total. The highest BCUT2D eigenvalue weighted by atomic mass is 14.8. The number of hydrogen-bond donors (Lipinski definition) is 1. The Bertz CT molecular complexity index is 542. The highest BCUT2D eigenvalue weighted by Gasteiger charge is 2.26. The summed E-state index contributed by atoms with van der Waals surface area (Å²) in [6.45, 7) is 1.13. The van der Waals surface area contributed by atoms with Crippen molar-refractivity contribution < 1.29 is 0 Å². The van der Waals surface area contributed by atoms with Crippen LogP contribution in [-0.4, -0.2) is 18.6 Å². The molecule has 100 valence electrons. The molecule has 2 heteroatoms. The molecule has 1 N–H and O–H groups in total. The minimum absolute atomic E-state index is 0.689. The molecule has 1 heterocycles. The lowest BCUT2D eigenvalue weighted by atomic mass is 9.74.